The minimum absolute atomic E-state index is 0.0831. The number of carbonyl (C=O) groups is 2. The molecule has 3 aromatic rings. The molecule has 1 atom stereocenters. The van der Waals surface area contributed by atoms with Crippen LogP contribution in [0.15, 0.2) is 48.5 Å². The Morgan fingerprint density at radius 1 is 1.11 bits per heavy atom. The van der Waals surface area contributed by atoms with Crippen molar-refractivity contribution < 1.29 is 19.1 Å². The van der Waals surface area contributed by atoms with Crippen molar-refractivity contribution in [3.8, 4) is 5.75 Å². The summed E-state index contributed by atoms with van der Waals surface area (Å²) in [5.74, 6) is -0.272. The van der Waals surface area contributed by atoms with Crippen molar-refractivity contribution in [2.45, 2.75) is 26.5 Å². The van der Waals surface area contributed by atoms with E-state index in [-0.39, 0.29) is 18.4 Å². The molecule has 0 aliphatic rings. The maximum absolute atomic E-state index is 12.6. The number of nitrogens with one attached hydrogen (secondary N) is 1. The topological polar surface area (TPSA) is 77.5 Å². The van der Waals surface area contributed by atoms with Crippen LogP contribution in [0.1, 0.15) is 29.2 Å². The van der Waals surface area contributed by atoms with Crippen LogP contribution in [0.4, 0.5) is 0 Å². The quantitative estimate of drug-likeness (QED) is 0.613. The van der Waals surface area contributed by atoms with Gasteiger partial charge in [0.05, 0.1) is 17.3 Å². The fraction of sp³-hybridized carbons (Fsp3) is 0.286. The van der Waals surface area contributed by atoms with Gasteiger partial charge in [-0.15, -0.1) is 11.3 Å². The second-order valence-electron chi connectivity index (χ2n) is 6.61. The molecule has 1 N–H and O–H groups in total. The van der Waals surface area contributed by atoms with Gasteiger partial charge in [0, 0.05) is 5.56 Å². The molecule has 0 aliphatic carbocycles. The molecule has 7 heteroatoms. The lowest BCUT2D eigenvalue weighted by Gasteiger charge is -2.20. The number of nitrogens with zero attached hydrogens (tertiary/aromatic N) is 1. The molecule has 0 unspecified atom stereocenters. The summed E-state index contributed by atoms with van der Waals surface area (Å²) < 4.78 is 11.6. The standard InChI is InChI=1S/C21H22N2O4S/c1-13(2)19(23-20(24)14-8-10-15(26-3)11-9-14)21(25)27-12-18-22-16-6-4-5-7-17(16)28-18/h4-11,13,19H,12H2,1-3H3,(H,23,24)/t19-/m0/s1. The van der Waals surface area contributed by atoms with E-state index in [1.165, 1.54) is 11.3 Å². The number of rotatable bonds is 7. The fourth-order valence-electron chi connectivity index (χ4n) is 2.67. The van der Waals surface area contributed by atoms with Crippen LogP contribution in [0.3, 0.4) is 0 Å². The first kappa shape index (κ1) is 19.8. The largest absolute Gasteiger partial charge is 0.497 e. The highest BCUT2D eigenvalue weighted by Crippen LogP contribution is 2.22. The SMILES string of the molecule is COc1ccc(C(=O)N[C@H](C(=O)OCc2nc3ccccc3s2)C(C)C)cc1. The van der Waals surface area contributed by atoms with Crippen molar-refractivity contribution >= 4 is 33.4 Å². The molecule has 0 saturated heterocycles. The zero-order valence-corrected chi connectivity index (χ0v) is 16.8. The van der Waals surface area contributed by atoms with Crippen molar-refractivity contribution in [2.24, 2.45) is 5.92 Å². The maximum atomic E-state index is 12.6. The lowest BCUT2D eigenvalue weighted by Crippen LogP contribution is -2.45. The van der Waals surface area contributed by atoms with E-state index in [0.29, 0.717) is 11.3 Å². The van der Waals surface area contributed by atoms with E-state index >= 15 is 0 Å². The summed E-state index contributed by atoms with van der Waals surface area (Å²) >= 11 is 1.49. The van der Waals surface area contributed by atoms with Crippen LogP contribution < -0.4 is 10.1 Å². The zero-order chi connectivity index (χ0) is 20.1. The van der Waals surface area contributed by atoms with E-state index < -0.39 is 12.0 Å². The van der Waals surface area contributed by atoms with Gasteiger partial charge in [-0.3, -0.25) is 4.79 Å². The number of carbonyl (C=O) groups excluding carboxylic acids is 2. The van der Waals surface area contributed by atoms with Gasteiger partial charge in [-0.25, -0.2) is 9.78 Å². The summed E-state index contributed by atoms with van der Waals surface area (Å²) in [5.41, 5.74) is 1.33. The number of esters is 1. The first-order chi connectivity index (χ1) is 13.5. The molecule has 1 heterocycles. The average molecular weight is 398 g/mol. The van der Waals surface area contributed by atoms with Crippen molar-refractivity contribution in [3.63, 3.8) is 0 Å². The molecule has 6 nitrogen and oxygen atoms in total. The van der Waals surface area contributed by atoms with E-state index in [2.05, 4.69) is 10.3 Å². The van der Waals surface area contributed by atoms with Gasteiger partial charge in [-0.05, 0) is 42.3 Å². The molecule has 0 spiro atoms. The van der Waals surface area contributed by atoms with Gasteiger partial charge in [-0.1, -0.05) is 26.0 Å². The number of methoxy groups -OCH3 is 1. The number of thiazole rings is 1. The average Bonchev–Trinajstić information content (AvgIpc) is 3.13. The van der Waals surface area contributed by atoms with Crippen molar-refractivity contribution in [3.05, 3.63) is 59.1 Å². The summed E-state index contributed by atoms with van der Waals surface area (Å²) in [4.78, 5) is 29.5. The Balaban J connectivity index is 1.63. The molecule has 0 fully saturated rings. The van der Waals surface area contributed by atoms with Crippen molar-refractivity contribution in [1.82, 2.24) is 10.3 Å². The predicted octanol–water partition coefficient (Wildman–Crippen LogP) is 3.80. The van der Waals surface area contributed by atoms with Gasteiger partial charge >= 0.3 is 5.97 Å². The number of hydrogen-bond donors (Lipinski definition) is 1. The molecule has 2 aromatic carbocycles. The third kappa shape index (κ3) is 4.67. The van der Waals surface area contributed by atoms with Crippen LogP contribution in [-0.2, 0) is 16.1 Å². The van der Waals surface area contributed by atoms with Gasteiger partial charge in [0.15, 0.2) is 0 Å². The van der Waals surface area contributed by atoms with Gasteiger partial charge in [0.2, 0.25) is 0 Å². The minimum Gasteiger partial charge on any atom is -0.497 e. The lowest BCUT2D eigenvalue weighted by atomic mass is 10.0. The zero-order valence-electron chi connectivity index (χ0n) is 16.0. The Labute approximate surface area is 167 Å². The lowest BCUT2D eigenvalue weighted by molar-refractivity contribution is -0.148. The van der Waals surface area contributed by atoms with Crippen molar-refractivity contribution in [1.29, 1.82) is 0 Å². The van der Waals surface area contributed by atoms with Crippen LogP contribution in [-0.4, -0.2) is 30.0 Å². The molecular formula is C21H22N2O4S. The molecular weight excluding hydrogens is 376 g/mol. The number of para-hydroxylation sites is 1. The molecule has 0 radical (unpaired) electrons. The number of hydrogen-bond acceptors (Lipinski definition) is 6. The number of aromatic nitrogens is 1. The van der Waals surface area contributed by atoms with E-state index in [1.807, 2.05) is 38.1 Å². The first-order valence-corrected chi connectivity index (χ1v) is 9.75. The molecule has 0 bridgehead atoms. The second kappa shape index (κ2) is 8.84. The fourth-order valence-corrected chi connectivity index (χ4v) is 3.55. The van der Waals surface area contributed by atoms with Crippen LogP contribution in [0.25, 0.3) is 10.2 Å². The summed E-state index contributed by atoms with van der Waals surface area (Å²) in [7, 11) is 1.56. The number of ether oxygens (including phenoxy) is 2. The Bertz CT molecular complexity index is 933. The molecule has 1 aromatic heterocycles. The number of fused-ring (bicyclic) bond motifs is 1. The van der Waals surface area contributed by atoms with E-state index in [9.17, 15) is 9.59 Å². The van der Waals surface area contributed by atoms with Crippen LogP contribution in [0, 0.1) is 5.92 Å². The van der Waals surface area contributed by atoms with E-state index in [4.69, 9.17) is 9.47 Å². The van der Waals surface area contributed by atoms with Crippen LogP contribution in [0.5, 0.6) is 5.75 Å². The molecule has 0 saturated carbocycles. The summed E-state index contributed by atoms with van der Waals surface area (Å²) in [6.07, 6.45) is 0. The highest BCUT2D eigenvalue weighted by Gasteiger charge is 2.26. The minimum atomic E-state index is -0.746. The van der Waals surface area contributed by atoms with Gasteiger partial charge in [0.1, 0.15) is 23.4 Å². The Morgan fingerprint density at radius 3 is 2.46 bits per heavy atom. The number of amides is 1. The molecule has 28 heavy (non-hydrogen) atoms. The molecule has 0 aliphatic heterocycles. The van der Waals surface area contributed by atoms with Gasteiger partial charge in [0.25, 0.3) is 5.91 Å². The maximum Gasteiger partial charge on any atom is 0.329 e. The van der Waals surface area contributed by atoms with Gasteiger partial charge in [-0.2, -0.15) is 0 Å². The van der Waals surface area contributed by atoms with Crippen LogP contribution >= 0.6 is 11.3 Å². The second-order valence-corrected chi connectivity index (χ2v) is 7.72. The highest BCUT2D eigenvalue weighted by atomic mass is 32.1. The molecule has 1 amide bonds. The van der Waals surface area contributed by atoms with Gasteiger partial charge < -0.3 is 14.8 Å². The third-order valence-corrected chi connectivity index (χ3v) is 5.25. The monoisotopic (exact) mass is 398 g/mol. The summed E-state index contributed by atoms with van der Waals surface area (Å²) in [6, 6.07) is 13.7. The predicted molar refractivity (Wildman–Crippen MR) is 109 cm³/mol. The Kier molecular flexibility index (Phi) is 6.26. The summed E-state index contributed by atoms with van der Waals surface area (Å²) in [6.45, 7) is 3.80. The highest BCUT2D eigenvalue weighted by molar-refractivity contribution is 7.18. The Hall–Kier alpha value is -2.93. The van der Waals surface area contributed by atoms with Crippen molar-refractivity contribution in [2.75, 3.05) is 7.11 Å². The number of benzene rings is 2. The summed E-state index contributed by atoms with van der Waals surface area (Å²) in [5, 5.41) is 3.48. The van der Waals surface area contributed by atoms with E-state index in [1.54, 1.807) is 31.4 Å². The third-order valence-electron chi connectivity index (χ3n) is 4.24. The first-order valence-electron chi connectivity index (χ1n) is 8.94. The molecule has 146 valence electrons. The molecule has 3 rings (SSSR count). The smallest absolute Gasteiger partial charge is 0.329 e. The normalized spacial score (nSPS) is 12.0. The Morgan fingerprint density at radius 2 is 1.82 bits per heavy atom. The van der Waals surface area contributed by atoms with Crippen LogP contribution in [0.2, 0.25) is 0 Å². The van der Waals surface area contributed by atoms with E-state index in [0.717, 1.165) is 15.2 Å².